The second-order valence-electron chi connectivity index (χ2n) is 4.41. The largest absolute Gasteiger partial charge is 0.383 e. The number of rotatable bonds is 3. The van der Waals surface area contributed by atoms with Gasteiger partial charge in [0.2, 0.25) is 0 Å². The second kappa shape index (κ2) is 4.97. The zero-order valence-electron chi connectivity index (χ0n) is 10.6. The molecule has 1 aromatic heterocycles. The topological polar surface area (TPSA) is 78.0 Å². The molecule has 0 amide bonds. The second-order valence-corrected chi connectivity index (χ2v) is 7.47. The minimum Gasteiger partial charge on any atom is -0.383 e. The minimum absolute atomic E-state index is 0.125. The van der Waals surface area contributed by atoms with Crippen molar-refractivity contribution < 1.29 is 8.42 Å². The maximum absolute atomic E-state index is 11.5. The van der Waals surface area contributed by atoms with Crippen LogP contribution in [0.1, 0.15) is 5.69 Å². The van der Waals surface area contributed by atoms with Gasteiger partial charge in [-0.25, -0.2) is 8.42 Å². The molecule has 0 aliphatic carbocycles. The molecule has 7 heteroatoms. The summed E-state index contributed by atoms with van der Waals surface area (Å²) in [6.45, 7) is 0. The van der Waals surface area contributed by atoms with Gasteiger partial charge in [-0.15, -0.1) is 0 Å². The van der Waals surface area contributed by atoms with Crippen LogP contribution in [0.2, 0.25) is 0 Å². The smallest absolute Gasteiger partial charge is 0.153 e. The van der Waals surface area contributed by atoms with Crippen LogP contribution in [-0.4, -0.2) is 24.5 Å². The average molecular weight is 344 g/mol. The van der Waals surface area contributed by atoms with Gasteiger partial charge in [-0.05, 0) is 17.7 Å². The molecule has 5 nitrogen and oxygen atoms in total. The number of anilines is 1. The lowest BCUT2D eigenvalue weighted by Crippen LogP contribution is -2.03. The fraction of sp³-hybridized carbons (Fsp3) is 0.250. The van der Waals surface area contributed by atoms with Gasteiger partial charge in [0, 0.05) is 23.3 Å². The third kappa shape index (κ3) is 3.16. The van der Waals surface area contributed by atoms with Crippen LogP contribution in [0.3, 0.4) is 0 Å². The monoisotopic (exact) mass is 343 g/mol. The highest BCUT2D eigenvalue weighted by Gasteiger charge is 2.19. The fourth-order valence-corrected chi connectivity index (χ4v) is 3.00. The number of hydrogen-bond donors (Lipinski definition) is 1. The Bertz CT molecular complexity index is 723. The molecule has 0 fully saturated rings. The van der Waals surface area contributed by atoms with Crippen LogP contribution in [0, 0.1) is 0 Å². The standard InChI is InChI=1S/C12H14BrN3O2S/c1-16-12(14)11(8-4-3-5-9(13)6-8)10(15-16)7-19(2,17)18/h3-6H,7,14H2,1-2H3. The van der Waals surface area contributed by atoms with E-state index in [0.717, 1.165) is 10.0 Å². The number of aromatic nitrogens is 2. The molecule has 2 aromatic rings. The third-order valence-electron chi connectivity index (χ3n) is 2.68. The van der Waals surface area contributed by atoms with Crippen molar-refractivity contribution in [3.8, 4) is 11.1 Å². The van der Waals surface area contributed by atoms with Crippen molar-refractivity contribution in [1.29, 1.82) is 0 Å². The number of nitrogen functional groups attached to an aromatic ring is 1. The molecule has 0 radical (unpaired) electrons. The van der Waals surface area contributed by atoms with Gasteiger partial charge in [-0.2, -0.15) is 5.10 Å². The normalized spacial score (nSPS) is 11.7. The first-order chi connectivity index (χ1) is 8.78. The number of hydrogen-bond acceptors (Lipinski definition) is 4. The summed E-state index contributed by atoms with van der Waals surface area (Å²) in [7, 11) is -1.47. The van der Waals surface area contributed by atoms with Gasteiger partial charge in [0.15, 0.2) is 9.84 Å². The summed E-state index contributed by atoms with van der Waals surface area (Å²) in [5.41, 5.74) is 7.99. The van der Waals surface area contributed by atoms with Crippen molar-refractivity contribution in [1.82, 2.24) is 9.78 Å². The van der Waals surface area contributed by atoms with Gasteiger partial charge >= 0.3 is 0 Å². The highest BCUT2D eigenvalue weighted by atomic mass is 79.9. The molecule has 0 saturated carbocycles. The lowest BCUT2D eigenvalue weighted by atomic mass is 10.1. The maximum atomic E-state index is 11.5. The van der Waals surface area contributed by atoms with Crippen LogP contribution in [-0.2, 0) is 22.6 Å². The maximum Gasteiger partial charge on any atom is 0.153 e. The van der Waals surface area contributed by atoms with Gasteiger partial charge in [-0.1, -0.05) is 28.1 Å². The Morgan fingerprint density at radius 1 is 1.42 bits per heavy atom. The summed E-state index contributed by atoms with van der Waals surface area (Å²) >= 11 is 3.39. The van der Waals surface area contributed by atoms with Gasteiger partial charge in [-0.3, -0.25) is 4.68 Å². The van der Waals surface area contributed by atoms with Crippen LogP contribution in [0.4, 0.5) is 5.82 Å². The lowest BCUT2D eigenvalue weighted by Gasteiger charge is -2.04. The third-order valence-corrected chi connectivity index (χ3v) is 3.97. The number of nitrogens with zero attached hydrogens (tertiary/aromatic N) is 2. The van der Waals surface area contributed by atoms with Crippen molar-refractivity contribution in [3.05, 3.63) is 34.4 Å². The highest BCUT2D eigenvalue weighted by molar-refractivity contribution is 9.10. The molecule has 1 aromatic carbocycles. The molecule has 0 spiro atoms. The predicted molar refractivity (Wildman–Crippen MR) is 79.3 cm³/mol. The van der Waals surface area contributed by atoms with E-state index >= 15 is 0 Å². The molecule has 19 heavy (non-hydrogen) atoms. The molecule has 2 N–H and O–H groups in total. The Labute approximate surface area is 120 Å². The highest BCUT2D eigenvalue weighted by Crippen LogP contribution is 2.31. The Morgan fingerprint density at radius 2 is 2.11 bits per heavy atom. The Balaban J connectivity index is 2.62. The van der Waals surface area contributed by atoms with E-state index in [1.54, 1.807) is 7.05 Å². The number of benzene rings is 1. The number of aryl methyl sites for hydroxylation is 1. The van der Waals surface area contributed by atoms with Crippen LogP contribution in [0.15, 0.2) is 28.7 Å². The van der Waals surface area contributed by atoms with Crippen molar-refractivity contribution in [2.45, 2.75) is 5.75 Å². The predicted octanol–water partition coefficient (Wildman–Crippen LogP) is 1.98. The molecule has 0 aliphatic rings. The van der Waals surface area contributed by atoms with Gasteiger partial charge in [0.05, 0.1) is 11.4 Å². The molecule has 2 rings (SSSR count). The molecule has 102 valence electrons. The van der Waals surface area contributed by atoms with E-state index in [9.17, 15) is 8.42 Å². The van der Waals surface area contributed by atoms with Crippen molar-refractivity contribution in [3.63, 3.8) is 0 Å². The van der Waals surface area contributed by atoms with Gasteiger partial charge < -0.3 is 5.73 Å². The summed E-state index contributed by atoms with van der Waals surface area (Å²) in [6.07, 6.45) is 1.18. The SMILES string of the molecule is Cn1nc(CS(C)(=O)=O)c(-c2cccc(Br)c2)c1N. The molecule has 1 heterocycles. The zero-order valence-corrected chi connectivity index (χ0v) is 13.0. The number of sulfone groups is 1. The van der Waals surface area contributed by atoms with Gasteiger partial charge in [0.25, 0.3) is 0 Å². The van der Waals surface area contributed by atoms with E-state index in [-0.39, 0.29) is 5.75 Å². The van der Waals surface area contributed by atoms with E-state index in [1.807, 2.05) is 24.3 Å². The first kappa shape index (κ1) is 14.1. The quantitative estimate of drug-likeness (QED) is 0.924. The van der Waals surface area contributed by atoms with E-state index in [0.29, 0.717) is 17.1 Å². The number of halogens is 1. The van der Waals surface area contributed by atoms with Crippen molar-refractivity contribution in [2.24, 2.45) is 7.05 Å². The summed E-state index contributed by atoms with van der Waals surface area (Å²) in [6, 6.07) is 7.53. The summed E-state index contributed by atoms with van der Waals surface area (Å²) in [4.78, 5) is 0. The van der Waals surface area contributed by atoms with Crippen LogP contribution in [0.5, 0.6) is 0 Å². The Kier molecular flexibility index (Phi) is 3.69. The molecule has 0 bridgehead atoms. The molecule has 0 aliphatic heterocycles. The first-order valence-corrected chi connectivity index (χ1v) is 8.38. The molecular formula is C12H14BrN3O2S. The van der Waals surface area contributed by atoms with E-state index in [4.69, 9.17) is 5.73 Å². The van der Waals surface area contributed by atoms with E-state index in [2.05, 4.69) is 21.0 Å². The summed E-state index contributed by atoms with van der Waals surface area (Å²) in [5.74, 6) is 0.330. The average Bonchev–Trinajstić information content (AvgIpc) is 2.52. The van der Waals surface area contributed by atoms with Gasteiger partial charge in [0.1, 0.15) is 5.82 Å². The van der Waals surface area contributed by atoms with Crippen molar-refractivity contribution in [2.75, 3.05) is 12.0 Å². The number of nitrogens with two attached hydrogens (primary N) is 1. The Hall–Kier alpha value is -1.34. The molecular weight excluding hydrogens is 330 g/mol. The van der Waals surface area contributed by atoms with E-state index < -0.39 is 9.84 Å². The zero-order chi connectivity index (χ0) is 14.2. The van der Waals surface area contributed by atoms with Crippen molar-refractivity contribution >= 4 is 31.6 Å². The van der Waals surface area contributed by atoms with Crippen LogP contribution < -0.4 is 5.73 Å². The summed E-state index contributed by atoms with van der Waals surface area (Å²) in [5, 5.41) is 4.20. The van der Waals surface area contributed by atoms with E-state index in [1.165, 1.54) is 10.9 Å². The Morgan fingerprint density at radius 3 is 2.68 bits per heavy atom. The van der Waals surface area contributed by atoms with Crippen LogP contribution >= 0.6 is 15.9 Å². The van der Waals surface area contributed by atoms with Crippen LogP contribution in [0.25, 0.3) is 11.1 Å². The fourth-order valence-electron chi connectivity index (χ4n) is 1.90. The minimum atomic E-state index is -3.16. The molecule has 0 saturated heterocycles. The molecule has 0 unspecified atom stereocenters. The first-order valence-electron chi connectivity index (χ1n) is 5.53. The summed E-state index contributed by atoms with van der Waals surface area (Å²) < 4.78 is 25.3. The lowest BCUT2D eigenvalue weighted by molar-refractivity contribution is 0.600. The molecule has 0 atom stereocenters.